The molecule has 1 heterocycles. The smallest absolute Gasteiger partial charge is 0.172 e. The molecule has 1 atom stereocenters. The minimum Gasteiger partial charge on any atom is -0.309 e. The molecule has 1 aliphatic heterocycles. The van der Waals surface area contributed by atoms with Crippen molar-refractivity contribution in [2.24, 2.45) is 0 Å². The second-order valence-corrected chi connectivity index (χ2v) is 10.0. The van der Waals surface area contributed by atoms with Gasteiger partial charge in [-0.15, -0.1) is 0 Å². The van der Waals surface area contributed by atoms with Crippen LogP contribution in [0.2, 0.25) is 0 Å². The van der Waals surface area contributed by atoms with Crippen molar-refractivity contribution in [2.75, 3.05) is 0 Å². The molecule has 2 aliphatic rings. The second-order valence-electron chi connectivity index (χ2n) is 7.36. The predicted octanol–water partition coefficient (Wildman–Crippen LogP) is 5.17. The highest BCUT2D eigenvalue weighted by Crippen LogP contribution is 2.71. The van der Waals surface area contributed by atoms with Crippen LogP contribution in [0.15, 0.2) is 78.9 Å². The Balaban J connectivity index is 1.95. The van der Waals surface area contributed by atoms with E-state index in [4.69, 9.17) is 0 Å². The van der Waals surface area contributed by atoms with Gasteiger partial charge in [-0.1, -0.05) is 92.7 Å². The lowest BCUT2D eigenvalue weighted by Gasteiger charge is -2.25. The molecule has 0 saturated carbocycles. The van der Waals surface area contributed by atoms with Gasteiger partial charge in [0.2, 0.25) is 0 Å². The lowest BCUT2D eigenvalue weighted by molar-refractivity contribution is 0.593. The van der Waals surface area contributed by atoms with Crippen LogP contribution in [0.4, 0.5) is 0 Å². The number of fused-ring (bicyclic) bond motifs is 4. The van der Waals surface area contributed by atoms with Crippen LogP contribution in [0.3, 0.4) is 0 Å². The predicted molar refractivity (Wildman–Crippen MR) is 106 cm³/mol. The van der Waals surface area contributed by atoms with Crippen molar-refractivity contribution in [1.29, 1.82) is 0 Å². The molecule has 0 radical (unpaired) electrons. The highest BCUT2D eigenvalue weighted by atomic mass is 31.2. The Kier molecular flexibility index (Phi) is 2.89. The summed E-state index contributed by atoms with van der Waals surface area (Å²) in [7, 11) is -2.85. The SMILES string of the molecule is CC1(C)C2=C(c3ccccc31)P(=O)(c1ccccc1)c1ccccc12. The fraction of sp³-hybridized carbons (Fsp3) is 0.130. The van der Waals surface area contributed by atoms with Gasteiger partial charge in [0.15, 0.2) is 7.14 Å². The summed E-state index contributed by atoms with van der Waals surface area (Å²) in [5, 5.41) is 2.98. The maximum absolute atomic E-state index is 14.6. The molecule has 5 rings (SSSR count). The van der Waals surface area contributed by atoms with E-state index in [1.54, 1.807) is 0 Å². The Morgan fingerprint density at radius 3 is 2.08 bits per heavy atom. The fourth-order valence-corrected chi connectivity index (χ4v) is 8.02. The topological polar surface area (TPSA) is 17.1 Å². The zero-order valence-electron chi connectivity index (χ0n) is 14.4. The summed E-state index contributed by atoms with van der Waals surface area (Å²) >= 11 is 0. The first kappa shape index (κ1) is 14.9. The largest absolute Gasteiger partial charge is 0.309 e. The van der Waals surface area contributed by atoms with Crippen molar-refractivity contribution in [3.63, 3.8) is 0 Å². The molecule has 0 amide bonds. The molecule has 3 aromatic carbocycles. The van der Waals surface area contributed by atoms with Crippen LogP contribution in [0.1, 0.15) is 30.5 Å². The van der Waals surface area contributed by atoms with Gasteiger partial charge in [0.1, 0.15) is 0 Å². The zero-order valence-corrected chi connectivity index (χ0v) is 15.3. The third-order valence-electron chi connectivity index (χ3n) is 5.66. The summed E-state index contributed by atoms with van der Waals surface area (Å²) in [5.74, 6) is 0. The minimum atomic E-state index is -2.85. The minimum absolute atomic E-state index is 0.136. The van der Waals surface area contributed by atoms with Gasteiger partial charge in [-0.3, -0.25) is 0 Å². The second kappa shape index (κ2) is 4.84. The molecule has 0 N–H and O–H groups in total. The van der Waals surface area contributed by atoms with Crippen molar-refractivity contribution in [3.05, 3.63) is 95.6 Å². The number of hydrogen-bond donors (Lipinski definition) is 0. The van der Waals surface area contributed by atoms with Gasteiger partial charge in [-0.05, 0) is 22.3 Å². The Hall–Kier alpha value is -2.37. The molecule has 1 nitrogen and oxygen atoms in total. The van der Waals surface area contributed by atoms with E-state index in [-0.39, 0.29) is 5.41 Å². The van der Waals surface area contributed by atoms with Gasteiger partial charge in [-0.2, -0.15) is 0 Å². The number of benzene rings is 3. The third kappa shape index (κ3) is 1.72. The van der Waals surface area contributed by atoms with E-state index < -0.39 is 7.14 Å². The Labute approximate surface area is 148 Å². The third-order valence-corrected chi connectivity index (χ3v) is 8.85. The molecule has 0 bridgehead atoms. The Morgan fingerprint density at radius 1 is 0.720 bits per heavy atom. The standard InChI is InChI=1S/C23H19OP/c1-23(2)19-14-8-6-12-17(19)22-21(23)18-13-7-9-15-20(18)25(22,24)16-10-4-3-5-11-16/h3-15H,1-2H3. The maximum atomic E-state index is 14.6. The lowest BCUT2D eigenvalue weighted by atomic mass is 9.78. The molecule has 3 aromatic rings. The first-order valence-electron chi connectivity index (χ1n) is 8.67. The van der Waals surface area contributed by atoms with Crippen LogP contribution in [0.25, 0.3) is 10.9 Å². The first-order valence-corrected chi connectivity index (χ1v) is 10.4. The number of hydrogen-bond acceptors (Lipinski definition) is 1. The van der Waals surface area contributed by atoms with Crippen molar-refractivity contribution in [3.8, 4) is 0 Å². The Morgan fingerprint density at radius 2 is 1.32 bits per heavy atom. The molecule has 0 fully saturated rings. The van der Waals surface area contributed by atoms with Gasteiger partial charge < -0.3 is 4.57 Å². The zero-order chi connectivity index (χ0) is 17.2. The number of allylic oxidation sites excluding steroid dienone is 1. The molecule has 25 heavy (non-hydrogen) atoms. The molecule has 0 saturated heterocycles. The molecular weight excluding hydrogens is 323 g/mol. The van der Waals surface area contributed by atoms with Gasteiger partial charge in [0.25, 0.3) is 0 Å². The lowest BCUT2D eigenvalue weighted by Crippen LogP contribution is -2.20. The Bertz CT molecular complexity index is 1090. The fourth-order valence-electron chi connectivity index (χ4n) is 4.58. The van der Waals surface area contributed by atoms with Crippen molar-refractivity contribution in [2.45, 2.75) is 19.3 Å². The molecule has 122 valence electrons. The average Bonchev–Trinajstić information content (AvgIpc) is 3.07. The van der Waals surface area contributed by atoms with E-state index >= 15 is 0 Å². The van der Waals surface area contributed by atoms with Crippen LogP contribution in [-0.2, 0) is 9.98 Å². The first-order chi connectivity index (χ1) is 12.1. The van der Waals surface area contributed by atoms with Gasteiger partial charge >= 0.3 is 0 Å². The van der Waals surface area contributed by atoms with Crippen LogP contribution in [0, 0.1) is 0 Å². The summed E-state index contributed by atoms with van der Waals surface area (Å²) in [5.41, 5.74) is 4.71. The highest BCUT2D eigenvalue weighted by Gasteiger charge is 2.52. The van der Waals surface area contributed by atoms with E-state index in [0.717, 1.165) is 27.1 Å². The maximum Gasteiger partial charge on any atom is 0.172 e. The van der Waals surface area contributed by atoms with Crippen LogP contribution < -0.4 is 10.6 Å². The normalized spacial score (nSPS) is 22.5. The molecule has 1 aliphatic carbocycles. The van der Waals surface area contributed by atoms with E-state index in [2.05, 4.69) is 56.3 Å². The summed E-state index contributed by atoms with van der Waals surface area (Å²) in [4.78, 5) is 0. The molecular formula is C23H19OP. The molecule has 0 spiro atoms. The van der Waals surface area contributed by atoms with Gasteiger partial charge in [0, 0.05) is 21.3 Å². The summed E-state index contributed by atoms with van der Waals surface area (Å²) in [6, 6.07) is 26.7. The number of rotatable bonds is 1. The van der Waals surface area contributed by atoms with E-state index in [0.29, 0.717) is 0 Å². The van der Waals surface area contributed by atoms with Gasteiger partial charge in [-0.25, -0.2) is 0 Å². The summed E-state index contributed by atoms with van der Waals surface area (Å²) < 4.78 is 14.6. The van der Waals surface area contributed by atoms with Crippen LogP contribution in [0.5, 0.6) is 0 Å². The highest BCUT2D eigenvalue weighted by molar-refractivity contribution is 7.88. The average molecular weight is 342 g/mol. The van der Waals surface area contributed by atoms with Gasteiger partial charge in [0.05, 0.1) is 0 Å². The summed E-state index contributed by atoms with van der Waals surface area (Å²) in [6.45, 7) is 4.51. The van der Waals surface area contributed by atoms with Crippen molar-refractivity contribution < 1.29 is 4.57 Å². The van der Waals surface area contributed by atoms with E-state index in [9.17, 15) is 4.57 Å². The van der Waals surface area contributed by atoms with Crippen molar-refractivity contribution in [1.82, 2.24) is 0 Å². The quantitative estimate of drug-likeness (QED) is 0.557. The van der Waals surface area contributed by atoms with E-state index in [1.807, 2.05) is 36.4 Å². The molecule has 1 unspecified atom stereocenters. The molecule has 2 heteroatoms. The van der Waals surface area contributed by atoms with E-state index in [1.165, 1.54) is 11.1 Å². The van der Waals surface area contributed by atoms with Crippen LogP contribution in [-0.4, -0.2) is 0 Å². The monoisotopic (exact) mass is 342 g/mol. The van der Waals surface area contributed by atoms with Crippen molar-refractivity contribution >= 4 is 28.6 Å². The summed E-state index contributed by atoms with van der Waals surface area (Å²) in [6.07, 6.45) is 0. The van der Waals surface area contributed by atoms with Crippen LogP contribution >= 0.6 is 7.14 Å². The molecule has 0 aromatic heterocycles.